The molecule has 2 aromatic rings. The molecule has 2 aromatic carbocycles. The highest BCUT2D eigenvalue weighted by Gasteiger charge is 2.51. The number of rotatable bonds is 8. The van der Waals surface area contributed by atoms with Crippen LogP contribution in [-0.4, -0.2) is 56.4 Å². The van der Waals surface area contributed by atoms with Gasteiger partial charge in [0.15, 0.2) is 0 Å². The lowest BCUT2D eigenvalue weighted by Crippen LogP contribution is -2.44. The SMILES string of the molecule is C[C@@H](/C=C/C1CN(S(=O)(=O)c2cccc(OC(F)(F)F)c2)c2cc(NC(=O)OC(C)(C)C(F)(F)F)ccc2O1)C(=O)O. The zero-order chi connectivity index (χ0) is 31.7. The Kier molecular flexibility index (Phi) is 8.95. The molecule has 0 aromatic heterocycles. The summed E-state index contributed by atoms with van der Waals surface area (Å²) in [5.74, 6) is -3.09. The van der Waals surface area contributed by atoms with Crippen LogP contribution in [0.15, 0.2) is 59.5 Å². The third kappa shape index (κ3) is 7.77. The van der Waals surface area contributed by atoms with Crippen LogP contribution in [0.5, 0.6) is 11.5 Å². The van der Waals surface area contributed by atoms with Crippen LogP contribution in [0.3, 0.4) is 0 Å². The number of fused-ring (bicyclic) bond motifs is 1. The Labute approximate surface area is 235 Å². The maximum atomic E-state index is 13.7. The Morgan fingerprint density at radius 2 is 1.79 bits per heavy atom. The van der Waals surface area contributed by atoms with Crippen molar-refractivity contribution in [2.75, 3.05) is 16.2 Å². The summed E-state index contributed by atoms with van der Waals surface area (Å²) < 4.78 is 120. The highest BCUT2D eigenvalue weighted by atomic mass is 32.2. The first-order valence-electron chi connectivity index (χ1n) is 11.9. The van der Waals surface area contributed by atoms with Crippen LogP contribution < -0.4 is 19.1 Å². The monoisotopic (exact) mass is 626 g/mol. The molecule has 3 rings (SSSR count). The number of hydrogen-bond donors (Lipinski definition) is 2. The van der Waals surface area contributed by atoms with Gasteiger partial charge < -0.3 is 19.3 Å². The largest absolute Gasteiger partial charge is 0.573 e. The van der Waals surface area contributed by atoms with E-state index >= 15 is 0 Å². The van der Waals surface area contributed by atoms with Crippen molar-refractivity contribution >= 4 is 33.5 Å². The molecule has 1 amide bonds. The van der Waals surface area contributed by atoms with E-state index < -0.39 is 69.4 Å². The van der Waals surface area contributed by atoms with Gasteiger partial charge in [-0.25, -0.2) is 13.2 Å². The molecule has 1 aliphatic heterocycles. The van der Waals surface area contributed by atoms with Crippen LogP contribution >= 0.6 is 0 Å². The molecule has 0 bridgehead atoms. The van der Waals surface area contributed by atoms with Crippen molar-refractivity contribution in [3.8, 4) is 11.5 Å². The van der Waals surface area contributed by atoms with E-state index in [2.05, 4.69) is 14.8 Å². The second-order valence-electron chi connectivity index (χ2n) is 9.43. The van der Waals surface area contributed by atoms with Gasteiger partial charge in [0.05, 0.1) is 23.0 Å². The first kappa shape index (κ1) is 32.4. The van der Waals surface area contributed by atoms with Crippen LogP contribution in [-0.2, 0) is 19.6 Å². The maximum Gasteiger partial charge on any atom is 0.573 e. The van der Waals surface area contributed by atoms with Gasteiger partial charge in [0.2, 0.25) is 5.60 Å². The molecule has 1 aliphatic rings. The predicted molar refractivity (Wildman–Crippen MR) is 135 cm³/mol. The molecule has 230 valence electrons. The average Bonchev–Trinajstić information content (AvgIpc) is 2.84. The first-order valence-corrected chi connectivity index (χ1v) is 13.3. The quantitative estimate of drug-likeness (QED) is 0.282. The van der Waals surface area contributed by atoms with Gasteiger partial charge in [-0.15, -0.1) is 13.2 Å². The molecule has 2 N–H and O–H groups in total. The molecule has 0 saturated heterocycles. The van der Waals surface area contributed by atoms with Crippen LogP contribution in [0.2, 0.25) is 0 Å². The van der Waals surface area contributed by atoms with Crippen molar-refractivity contribution in [1.29, 1.82) is 0 Å². The lowest BCUT2D eigenvalue weighted by atomic mass is 10.1. The molecule has 1 heterocycles. The number of sulfonamides is 1. The number of anilines is 2. The summed E-state index contributed by atoms with van der Waals surface area (Å²) in [7, 11) is -4.67. The molecule has 2 atom stereocenters. The number of halogens is 6. The summed E-state index contributed by atoms with van der Waals surface area (Å²) in [5, 5.41) is 11.2. The minimum Gasteiger partial charge on any atom is -0.482 e. The minimum atomic E-state index is -5.11. The molecule has 0 radical (unpaired) electrons. The van der Waals surface area contributed by atoms with E-state index in [0.717, 1.165) is 28.6 Å². The highest BCUT2D eigenvalue weighted by Crippen LogP contribution is 2.40. The summed E-state index contributed by atoms with van der Waals surface area (Å²) in [6.45, 7) is 2.10. The van der Waals surface area contributed by atoms with Gasteiger partial charge in [-0.2, -0.15) is 13.2 Å². The van der Waals surface area contributed by atoms with Gasteiger partial charge >= 0.3 is 24.6 Å². The summed E-state index contributed by atoms with van der Waals surface area (Å²) >= 11 is 0. The second kappa shape index (κ2) is 11.6. The molecule has 0 aliphatic carbocycles. The van der Waals surface area contributed by atoms with Gasteiger partial charge in [-0.05, 0) is 57.2 Å². The van der Waals surface area contributed by atoms with Crippen molar-refractivity contribution in [3.63, 3.8) is 0 Å². The fourth-order valence-corrected chi connectivity index (χ4v) is 4.96. The van der Waals surface area contributed by atoms with E-state index in [4.69, 9.17) is 9.84 Å². The highest BCUT2D eigenvalue weighted by molar-refractivity contribution is 7.92. The zero-order valence-corrected chi connectivity index (χ0v) is 22.8. The van der Waals surface area contributed by atoms with E-state index in [1.54, 1.807) is 0 Å². The summed E-state index contributed by atoms with van der Waals surface area (Å²) in [4.78, 5) is 22.7. The van der Waals surface area contributed by atoms with E-state index in [1.807, 2.05) is 0 Å². The molecular formula is C25H24F6N2O8S. The summed E-state index contributed by atoms with van der Waals surface area (Å²) in [5.41, 5.74) is -3.30. The smallest absolute Gasteiger partial charge is 0.482 e. The number of ether oxygens (including phenoxy) is 3. The first-order chi connectivity index (χ1) is 19.2. The maximum absolute atomic E-state index is 13.7. The molecule has 42 heavy (non-hydrogen) atoms. The number of carbonyl (C=O) groups is 2. The van der Waals surface area contributed by atoms with Crippen LogP contribution in [0.25, 0.3) is 0 Å². The number of benzene rings is 2. The molecule has 0 spiro atoms. The van der Waals surface area contributed by atoms with Gasteiger partial charge in [0.25, 0.3) is 10.0 Å². The topological polar surface area (TPSA) is 131 Å². The standard InChI is InChI=1S/C25H24F6N2O8S/c1-14(21(34)35)7-9-17-13-33(42(37,38)18-6-4-5-16(12-18)40-25(29,30)31)19-11-15(8-10-20(19)39-17)32-22(36)41-23(2,3)24(26,27)28/h4-12,14,17H,13H2,1-3H3,(H,32,36)(H,34,35)/b9-7+/t14-,17?/m0/s1. The van der Waals surface area contributed by atoms with Gasteiger partial charge in [0, 0.05) is 11.8 Å². The van der Waals surface area contributed by atoms with Crippen molar-refractivity contribution in [2.24, 2.45) is 5.92 Å². The van der Waals surface area contributed by atoms with Crippen molar-refractivity contribution in [3.05, 3.63) is 54.6 Å². The number of carboxylic acids is 1. The van der Waals surface area contributed by atoms with E-state index in [-0.39, 0.29) is 17.1 Å². The lowest BCUT2D eigenvalue weighted by molar-refractivity contribution is -0.274. The summed E-state index contributed by atoms with van der Waals surface area (Å²) in [6.07, 6.45) is -10.1. The number of amides is 1. The van der Waals surface area contributed by atoms with Crippen LogP contribution in [0.1, 0.15) is 20.8 Å². The summed E-state index contributed by atoms with van der Waals surface area (Å²) in [6, 6.07) is 6.94. The van der Waals surface area contributed by atoms with Crippen molar-refractivity contribution in [2.45, 2.75) is 49.9 Å². The van der Waals surface area contributed by atoms with Gasteiger partial charge in [-0.3, -0.25) is 14.4 Å². The number of hydrogen-bond acceptors (Lipinski definition) is 7. The Bertz CT molecular complexity index is 1470. The van der Waals surface area contributed by atoms with Gasteiger partial charge in [-0.1, -0.05) is 12.1 Å². The van der Waals surface area contributed by atoms with E-state index in [1.165, 1.54) is 31.2 Å². The molecule has 0 saturated carbocycles. The molecule has 1 unspecified atom stereocenters. The number of aliphatic carboxylic acids is 1. The Balaban J connectivity index is 2.02. The average molecular weight is 627 g/mol. The number of nitrogens with zero attached hydrogens (tertiary/aromatic N) is 1. The molecule has 17 heteroatoms. The number of carbonyl (C=O) groups excluding carboxylic acids is 1. The van der Waals surface area contributed by atoms with E-state index in [0.29, 0.717) is 19.9 Å². The normalized spacial score (nSPS) is 16.8. The molecular weight excluding hydrogens is 602 g/mol. The fourth-order valence-electron chi connectivity index (χ4n) is 3.44. The van der Waals surface area contributed by atoms with Crippen LogP contribution in [0, 0.1) is 5.92 Å². The molecule has 0 fully saturated rings. The zero-order valence-electron chi connectivity index (χ0n) is 22.0. The second-order valence-corrected chi connectivity index (χ2v) is 11.3. The minimum absolute atomic E-state index is 0.111. The van der Waals surface area contributed by atoms with Gasteiger partial charge in [0.1, 0.15) is 17.6 Å². The Hall–Kier alpha value is -4.15. The number of nitrogens with one attached hydrogen (secondary N) is 1. The molecule has 10 nitrogen and oxygen atoms in total. The lowest BCUT2D eigenvalue weighted by Gasteiger charge is -2.35. The Morgan fingerprint density at radius 3 is 2.38 bits per heavy atom. The predicted octanol–water partition coefficient (Wildman–Crippen LogP) is 5.71. The number of alkyl halides is 6. The fraction of sp³-hybridized carbons (Fsp3) is 0.360. The third-order valence-electron chi connectivity index (χ3n) is 5.76. The number of carboxylic acid groups (broad SMARTS) is 1. The van der Waals surface area contributed by atoms with E-state index in [9.17, 15) is 44.3 Å². The van der Waals surface area contributed by atoms with Crippen LogP contribution in [0.4, 0.5) is 42.5 Å². The Morgan fingerprint density at radius 1 is 1.12 bits per heavy atom. The van der Waals surface area contributed by atoms with Crippen molar-refractivity contribution in [1.82, 2.24) is 0 Å². The van der Waals surface area contributed by atoms with Crippen molar-refractivity contribution < 1.29 is 63.7 Å². The third-order valence-corrected chi connectivity index (χ3v) is 7.54.